The van der Waals surface area contributed by atoms with Crippen molar-refractivity contribution in [3.05, 3.63) is 34.9 Å². The number of carboxylic acid groups (broad SMARTS) is 1. The fraction of sp³-hybridized carbons (Fsp3) is 0.462. The van der Waals surface area contributed by atoms with Gasteiger partial charge in [0, 0.05) is 5.75 Å². The van der Waals surface area contributed by atoms with Crippen molar-refractivity contribution in [2.45, 2.75) is 30.7 Å². The smallest absolute Gasteiger partial charge is 0.321 e. The second-order valence-electron chi connectivity index (χ2n) is 4.83. The number of rotatable bonds is 1. The van der Waals surface area contributed by atoms with Crippen LogP contribution in [0.25, 0.3) is 0 Å². The zero-order valence-corrected chi connectivity index (χ0v) is 10.5. The standard InChI is InChI=1S/C13H15NO2S/c1-8-2-3-9-4-5-13(10(9)6-8)14-11(7-17-13)12(15)16/h2-3,6,11,14H,4-5,7H2,1H3,(H,15,16)/t11-,13?/m1/s1. The zero-order chi connectivity index (χ0) is 12.0. The van der Waals surface area contributed by atoms with Gasteiger partial charge in [-0.1, -0.05) is 23.8 Å². The normalized spacial score (nSPS) is 30.8. The fourth-order valence-electron chi connectivity index (χ4n) is 2.75. The largest absolute Gasteiger partial charge is 0.480 e. The lowest BCUT2D eigenvalue weighted by Gasteiger charge is -2.25. The Balaban J connectivity index is 1.98. The van der Waals surface area contributed by atoms with Gasteiger partial charge in [0.25, 0.3) is 0 Å². The lowest BCUT2D eigenvalue weighted by molar-refractivity contribution is -0.138. The molecule has 1 aromatic carbocycles. The van der Waals surface area contributed by atoms with Crippen LogP contribution in [0.3, 0.4) is 0 Å². The quantitative estimate of drug-likeness (QED) is 0.798. The predicted molar refractivity (Wildman–Crippen MR) is 68.2 cm³/mol. The Morgan fingerprint density at radius 3 is 3.12 bits per heavy atom. The van der Waals surface area contributed by atoms with Crippen molar-refractivity contribution < 1.29 is 9.90 Å². The maximum Gasteiger partial charge on any atom is 0.321 e. The van der Waals surface area contributed by atoms with Crippen LogP contribution in [0.2, 0.25) is 0 Å². The van der Waals surface area contributed by atoms with E-state index in [0.717, 1.165) is 12.8 Å². The van der Waals surface area contributed by atoms with Crippen LogP contribution in [0.4, 0.5) is 0 Å². The van der Waals surface area contributed by atoms with Crippen molar-refractivity contribution in [2.75, 3.05) is 5.75 Å². The van der Waals surface area contributed by atoms with Gasteiger partial charge in [-0.15, -0.1) is 11.8 Å². The van der Waals surface area contributed by atoms with Crippen molar-refractivity contribution in [3.8, 4) is 0 Å². The van der Waals surface area contributed by atoms with Gasteiger partial charge in [0.2, 0.25) is 0 Å². The summed E-state index contributed by atoms with van der Waals surface area (Å²) in [6, 6.07) is 6.10. The van der Waals surface area contributed by atoms with Gasteiger partial charge in [-0.05, 0) is 30.9 Å². The van der Waals surface area contributed by atoms with E-state index in [9.17, 15) is 4.79 Å². The highest BCUT2D eigenvalue weighted by Gasteiger charge is 2.46. The second-order valence-corrected chi connectivity index (χ2v) is 6.15. The highest BCUT2D eigenvalue weighted by Crippen LogP contribution is 2.49. The minimum Gasteiger partial charge on any atom is -0.480 e. The minimum absolute atomic E-state index is 0.148. The van der Waals surface area contributed by atoms with Gasteiger partial charge >= 0.3 is 5.97 Å². The molecule has 2 aliphatic rings. The van der Waals surface area contributed by atoms with E-state index in [4.69, 9.17) is 5.11 Å². The van der Waals surface area contributed by atoms with E-state index in [1.54, 1.807) is 11.8 Å². The summed E-state index contributed by atoms with van der Waals surface area (Å²) in [6.07, 6.45) is 2.04. The summed E-state index contributed by atoms with van der Waals surface area (Å²) in [5.74, 6) is -0.0848. The Kier molecular flexibility index (Phi) is 2.45. The number of carboxylic acids is 1. The molecule has 0 saturated carbocycles. The Morgan fingerprint density at radius 1 is 1.59 bits per heavy atom. The number of hydrogen-bond donors (Lipinski definition) is 2. The topological polar surface area (TPSA) is 49.3 Å². The molecule has 4 heteroatoms. The summed E-state index contributed by atoms with van der Waals surface area (Å²) in [5.41, 5.74) is 3.90. The molecular weight excluding hydrogens is 234 g/mol. The number of carbonyl (C=O) groups is 1. The number of fused-ring (bicyclic) bond motifs is 2. The van der Waals surface area contributed by atoms with Crippen LogP contribution in [0, 0.1) is 6.92 Å². The SMILES string of the molecule is Cc1ccc2c(c1)C1(CC2)N[C@@H](C(=O)O)CS1. The fourth-order valence-corrected chi connectivity index (χ4v) is 4.25. The summed E-state index contributed by atoms with van der Waals surface area (Å²) >= 11 is 1.75. The Hall–Kier alpha value is -1.00. The van der Waals surface area contributed by atoms with Crippen LogP contribution in [0.5, 0.6) is 0 Å². The molecule has 0 bridgehead atoms. The lowest BCUT2D eigenvalue weighted by Crippen LogP contribution is -2.42. The van der Waals surface area contributed by atoms with E-state index in [2.05, 4.69) is 30.4 Å². The molecular formula is C13H15NO2S. The first-order valence-corrected chi connectivity index (χ1v) is 6.84. The number of thioether (sulfide) groups is 1. The van der Waals surface area contributed by atoms with Gasteiger partial charge in [0.15, 0.2) is 0 Å². The molecule has 2 atom stereocenters. The van der Waals surface area contributed by atoms with Crippen molar-refractivity contribution in [1.82, 2.24) is 5.32 Å². The van der Waals surface area contributed by atoms with E-state index >= 15 is 0 Å². The first-order chi connectivity index (χ1) is 8.11. The van der Waals surface area contributed by atoms with Crippen molar-refractivity contribution in [3.63, 3.8) is 0 Å². The molecule has 1 saturated heterocycles. The number of aryl methyl sites for hydroxylation is 2. The van der Waals surface area contributed by atoms with Crippen LogP contribution in [-0.2, 0) is 16.1 Å². The summed E-state index contributed by atoms with van der Waals surface area (Å²) in [7, 11) is 0. The molecule has 90 valence electrons. The van der Waals surface area contributed by atoms with E-state index in [1.165, 1.54) is 16.7 Å². The van der Waals surface area contributed by atoms with Crippen molar-refractivity contribution in [2.24, 2.45) is 0 Å². The third-order valence-electron chi connectivity index (χ3n) is 3.65. The molecule has 1 aliphatic carbocycles. The average molecular weight is 249 g/mol. The molecule has 0 aromatic heterocycles. The van der Waals surface area contributed by atoms with Gasteiger partial charge < -0.3 is 5.11 Å². The van der Waals surface area contributed by atoms with E-state index in [1.807, 2.05) is 0 Å². The van der Waals surface area contributed by atoms with Crippen molar-refractivity contribution >= 4 is 17.7 Å². The number of nitrogens with one attached hydrogen (secondary N) is 1. The molecule has 2 N–H and O–H groups in total. The molecule has 0 radical (unpaired) electrons. The molecule has 1 aromatic rings. The zero-order valence-electron chi connectivity index (χ0n) is 9.69. The number of aliphatic carboxylic acids is 1. The molecule has 1 aliphatic heterocycles. The number of hydrogen-bond acceptors (Lipinski definition) is 3. The maximum atomic E-state index is 11.0. The van der Waals surface area contributed by atoms with Gasteiger partial charge in [0.1, 0.15) is 6.04 Å². The van der Waals surface area contributed by atoms with Crippen LogP contribution < -0.4 is 5.32 Å². The highest BCUT2D eigenvalue weighted by atomic mass is 32.2. The van der Waals surface area contributed by atoms with Gasteiger partial charge in [-0.25, -0.2) is 0 Å². The van der Waals surface area contributed by atoms with Crippen molar-refractivity contribution in [1.29, 1.82) is 0 Å². The molecule has 1 heterocycles. The van der Waals surface area contributed by atoms with Crippen LogP contribution in [0.1, 0.15) is 23.1 Å². The summed E-state index contributed by atoms with van der Waals surface area (Å²) < 4.78 is 0. The molecule has 3 rings (SSSR count). The first-order valence-electron chi connectivity index (χ1n) is 5.85. The minimum atomic E-state index is -0.740. The molecule has 1 fully saturated rings. The van der Waals surface area contributed by atoms with E-state index < -0.39 is 12.0 Å². The monoisotopic (exact) mass is 249 g/mol. The second kappa shape index (κ2) is 3.75. The van der Waals surface area contributed by atoms with Gasteiger partial charge in [-0.3, -0.25) is 10.1 Å². The third-order valence-corrected chi connectivity index (χ3v) is 5.18. The predicted octanol–water partition coefficient (Wildman–Crippen LogP) is 1.88. The summed E-state index contributed by atoms with van der Waals surface area (Å²) in [4.78, 5) is 10.9. The number of benzene rings is 1. The average Bonchev–Trinajstić information content (AvgIpc) is 2.86. The lowest BCUT2D eigenvalue weighted by atomic mass is 10.0. The summed E-state index contributed by atoms with van der Waals surface area (Å²) in [5, 5.41) is 12.4. The Morgan fingerprint density at radius 2 is 2.41 bits per heavy atom. The molecule has 17 heavy (non-hydrogen) atoms. The van der Waals surface area contributed by atoms with Crippen LogP contribution in [0.15, 0.2) is 18.2 Å². The van der Waals surface area contributed by atoms with Crippen LogP contribution in [-0.4, -0.2) is 22.9 Å². The third kappa shape index (κ3) is 1.67. The Bertz CT molecular complexity index is 488. The molecule has 3 nitrogen and oxygen atoms in total. The maximum absolute atomic E-state index is 11.0. The first kappa shape index (κ1) is 11.1. The van der Waals surface area contributed by atoms with E-state index in [-0.39, 0.29) is 4.87 Å². The Labute approximate surface area is 105 Å². The van der Waals surface area contributed by atoms with Gasteiger partial charge in [-0.2, -0.15) is 0 Å². The molecule has 0 amide bonds. The van der Waals surface area contributed by atoms with Crippen LogP contribution >= 0.6 is 11.8 Å². The highest BCUT2D eigenvalue weighted by molar-refractivity contribution is 8.00. The molecule has 1 unspecified atom stereocenters. The summed E-state index contributed by atoms with van der Waals surface area (Å²) in [6.45, 7) is 2.08. The van der Waals surface area contributed by atoms with E-state index in [0.29, 0.717) is 5.75 Å². The molecule has 1 spiro atoms. The van der Waals surface area contributed by atoms with Gasteiger partial charge in [0.05, 0.1) is 4.87 Å².